The van der Waals surface area contributed by atoms with Crippen LogP contribution in [-0.4, -0.2) is 33.8 Å². The number of nitrogens with one attached hydrogen (secondary N) is 2. The second-order valence-corrected chi connectivity index (χ2v) is 7.67. The van der Waals surface area contributed by atoms with Crippen molar-refractivity contribution in [3.05, 3.63) is 51.6 Å². The lowest BCUT2D eigenvalue weighted by Gasteiger charge is -2.15. The molecule has 0 spiro atoms. The van der Waals surface area contributed by atoms with Crippen LogP contribution in [0, 0.1) is 18.6 Å². The number of ether oxygens (including phenoxy) is 1. The number of aromatic nitrogens is 3. The molecule has 1 aromatic carbocycles. The maximum atomic E-state index is 12.6. The highest BCUT2D eigenvalue weighted by Crippen LogP contribution is 2.25. The maximum absolute atomic E-state index is 12.6. The molecule has 1 unspecified atom stereocenters. The van der Waals surface area contributed by atoms with E-state index >= 15 is 0 Å². The largest absolute Gasteiger partial charge is 0.492 e. The number of carbonyl (C=O) groups excluding carboxylic acids is 1. The minimum Gasteiger partial charge on any atom is -0.492 e. The minimum absolute atomic E-state index is 0.130. The monoisotopic (exact) mass is 402 g/mol. The molecule has 0 aliphatic rings. The third kappa shape index (κ3) is 4.64. The van der Waals surface area contributed by atoms with Gasteiger partial charge in [-0.1, -0.05) is 12.1 Å². The van der Waals surface area contributed by atoms with Crippen molar-refractivity contribution in [2.24, 2.45) is 0 Å². The number of H-pyrrole nitrogens is 1. The predicted octanol–water partition coefficient (Wildman–Crippen LogP) is 4.04. The summed E-state index contributed by atoms with van der Waals surface area (Å²) in [5, 5.41) is 11.9. The summed E-state index contributed by atoms with van der Waals surface area (Å²) < 4.78 is 7.90. The lowest BCUT2D eigenvalue weighted by Crippen LogP contribution is -2.34. The minimum atomic E-state index is -0.477. The molecule has 0 saturated heterocycles. The number of hydrogen-bond donors (Lipinski definition) is 2. The van der Waals surface area contributed by atoms with Crippen molar-refractivity contribution < 1.29 is 9.53 Å². The Morgan fingerprint density at radius 2 is 2.11 bits per heavy atom. The van der Waals surface area contributed by atoms with Gasteiger partial charge in [-0.15, -0.1) is 11.3 Å². The van der Waals surface area contributed by atoms with Gasteiger partial charge in [0, 0.05) is 0 Å². The number of carbonyl (C=O) groups is 1. The van der Waals surface area contributed by atoms with Gasteiger partial charge in [0.25, 0.3) is 0 Å². The van der Waals surface area contributed by atoms with Gasteiger partial charge < -0.3 is 10.1 Å². The summed E-state index contributed by atoms with van der Waals surface area (Å²) >= 11 is 6.86. The molecule has 27 heavy (non-hydrogen) atoms. The smallest absolute Gasteiger partial charge is 0.243 e. The molecule has 142 valence electrons. The molecule has 0 bridgehead atoms. The SMILES string of the molecule is Cc1cc(C)cc(OCCNC(=O)C(C)n2c(-c3cccs3)n[nH]c2=S)c1. The van der Waals surface area contributed by atoms with E-state index in [9.17, 15) is 4.79 Å². The molecule has 0 aliphatic carbocycles. The lowest BCUT2D eigenvalue weighted by atomic mass is 10.1. The number of hydrogen-bond acceptors (Lipinski definition) is 5. The lowest BCUT2D eigenvalue weighted by molar-refractivity contribution is -0.123. The van der Waals surface area contributed by atoms with Crippen LogP contribution in [0.2, 0.25) is 0 Å². The van der Waals surface area contributed by atoms with Crippen LogP contribution in [0.4, 0.5) is 0 Å². The van der Waals surface area contributed by atoms with Gasteiger partial charge in [0.05, 0.1) is 11.4 Å². The van der Waals surface area contributed by atoms with E-state index in [2.05, 4.69) is 21.6 Å². The zero-order valence-corrected chi connectivity index (χ0v) is 17.1. The topological polar surface area (TPSA) is 71.9 Å². The molecule has 8 heteroatoms. The highest BCUT2D eigenvalue weighted by Gasteiger charge is 2.21. The number of nitrogens with zero attached hydrogens (tertiary/aromatic N) is 2. The Labute approximate surface area is 167 Å². The molecule has 2 aromatic heterocycles. The summed E-state index contributed by atoms with van der Waals surface area (Å²) in [6.45, 7) is 6.68. The Kier molecular flexibility index (Phi) is 6.08. The van der Waals surface area contributed by atoms with Crippen LogP contribution in [0.5, 0.6) is 5.75 Å². The number of aryl methyl sites for hydroxylation is 2. The van der Waals surface area contributed by atoms with E-state index in [0.717, 1.165) is 21.8 Å². The Morgan fingerprint density at radius 1 is 1.37 bits per heavy atom. The van der Waals surface area contributed by atoms with E-state index in [1.54, 1.807) is 15.9 Å². The summed E-state index contributed by atoms with van der Waals surface area (Å²) in [4.78, 5) is 13.5. The van der Waals surface area contributed by atoms with Crippen molar-refractivity contribution in [2.45, 2.75) is 26.8 Å². The van der Waals surface area contributed by atoms with E-state index in [1.165, 1.54) is 0 Å². The molecule has 0 radical (unpaired) electrons. The fraction of sp³-hybridized carbons (Fsp3) is 0.316. The second kappa shape index (κ2) is 8.49. The van der Waals surface area contributed by atoms with Crippen molar-refractivity contribution in [3.8, 4) is 16.5 Å². The third-order valence-corrected chi connectivity index (χ3v) is 5.23. The molecule has 2 N–H and O–H groups in total. The normalized spacial score (nSPS) is 12.0. The molecule has 0 saturated carbocycles. The third-order valence-electron chi connectivity index (χ3n) is 4.08. The number of amides is 1. The summed E-state index contributed by atoms with van der Waals surface area (Å²) in [5.74, 6) is 1.35. The molecular formula is C19H22N4O2S2. The number of rotatable bonds is 7. The maximum Gasteiger partial charge on any atom is 0.243 e. The predicted molar refractivity (Wildman–Crippen MR) is 110 cm³/mol. The van der Waals surface area contributed by atoms with Crippen molar-refractivity contribution >= 4 is 29.5 Å². The first kappa shape index (κ1) is 19.3. The Bertz CT molecular complexity index is 956. The molecule has 1 amide bonds. The molecule has 3 aromatic rings. The van der Waals surface area contributed by atoms with E-state index < -0.39 is 6.04 Å². The van der Waals surface area contributed by atoms with Crippen molar-refractivity contribution in [2.75, 3.05) is 13.2 Å². The van der Waals surface area contributed by atoms with Crippen molar-refractivity contribution in [1.29, 1.82) is 0 Å². The Balaban J connectivity index is 1.59. The van der Waals surface area contributed by atoms with Crippen LogP contribution in [-0.2, 0) is 4.79 Å². The average Bonchev–Trinajstić information content (AvgIpc) is 3.26. The molecule has 0 aliphatic heterocycles. The van der Waals surface area contributed by atoms with Gasteiger partial charge in [-0.3, -0.25) is 14.5 Å². The van der Waals surface area contributed by atoms with E-state index in [0.29, 0.717) is 23.7 Å². The highest BCUT2D eigenvalue weighted by molar-refractivity contribution is 7.71. The number of thiophene rings is 1. The highest BCUT2D eigenvalue weighted by atomic mass is 32.1. The summed E-state index contributed by atoms with van der Waals surface area (Å²) in [5.41, 5.74) is 2.30. The first-order valence-corrected chi connectivity index (χ1v) is 9.94. The molecule has 3 rings (SSSR count). The van der Waals surface area contributed by atoms with E-state index in [-0.39, 0.29) is 5.91 Å². The van der Waals surface area contributed by atoms with Gasteiger partial charge >= 0.3 is 0 Å². The van der Waals surface area contributed by atoms with Gasteiger partial charge in [-0.2, -0.15) is 5.10 Å². The summed E-state index contributed by atoms with van der Waals surface area (Å²) in [7, 11) is 0. The quantitative estimate of drug-likeness (QED) is 0.462. The first-order valence-electron chi connectivity index (χ1n) is 8.65. The zero-order valence-electron chi connectivity index (χ0n) is 15.5. The molecular weight excluding hydrogens is 380 g/mol. The molecule has 2 heterocycles. The molecule has 6 nitrogen and oxygen atoms in total. The van der Waals surface area contributed by atoms with E-state index in [1.807, 2.05) is 50.4 Å². The Morgan fingerprint density at radius 3 is 2.78 bits per heavy atom. The van der Waals surface area contributed by atoms with Crippen LogP contribution < -0.4 is 10.1 Å². The van der Waals surface area contributed by atoms with Gasteiger partial charge in [0.2, 0.25) is 5.91 Å². The van der Waals surface area contributed by atoms with Gasteiger partial charge in [-0.05, 0) is 67.7 Å². The fourth-order valence-electron chi connectivity index (χ4n) is 2.87. The fourth-order valence-corrected chi connectivity index (χ4v) is 3.87. The number of aromatic amines is 1. The van der Waals surface area contributed by atoms with Crippen LogP contribution >= 0.6 is 23.6 Å². The Hall–Kier alpha value is -2.45. The van der Waals surface area contributed by atoms with Crippen LogP contribution in [0.3, 0.4) is 0 Å². The van der Waals surface area contributed by atoms with Gasteiger partial charge in [-0.25, -0.2) is 0 Å². The standard InChI is InChI=1S/C19H22N4O2S2/c1-12-9-13(2)11-15(10-12)25-7-6-20-18(24)14(3)23-17(21-22-19(23)26)16-5-4-8-27-16/h4-5,8-11,14H,6-7H2,1-3H3,(H,20,24)(H,22,26). The van der Waals surface area contributed by atoms with Crippen molar-refractivity contribution in [1.82, 2.24) is 20.1 Å². The van der Waals surface area contributed by atoms with Crippen LogP contribution in [0.15, 0.2) is 35.7 Å². The van der Waals surface area contributed by atoms with E-state index in [4.69, 9.17) is 17.0 Å². The van der Waals surface area contributed by atoms with Gasteiger partial charge in [0.15, 0.2) is 10.6 Å². The molecule has 1 atom stereocenters. The van der Waals surface area contributed by atoms with Crippen LogP contribution in [0.25, 0.3) is 10.7 Å². The van der Waals surface area contributed by atoms with Crippen molar-refractivity contribution in [3.63, 3.8) is 0 Å². The zero-order chi connectivity index (χ0) is 19.4. The second-order valence-electron chi connectivity index (χ2n) is 6.34. The average molecular weight is 403 g/mol. The number of benzene rings is 1. The molecule has 0 fully saturated rings. The van der Waals surface area contributed by atoms with Gasteiger partial charge in [0.1, 0.15) is 18.4 Å². The first-order chi connectivity index (χ1) is 13.0. The summed E-state index contributed by atoms with van der Waals surface area (Å²) in [6.07, 6.45) is 0. The summed E-state index contributed by atoms with van der Waals surface area (Å²) in [6, 6.07) is 9.47. The van der Waals surface area contributed by atoms with Crippen LogP contribution in [0.1, 0.15) is 24.1 Å².